The summed E-state index contributed by atoms with van der Waals surface area (Å²) in [6.45, 7) is 1.82. The lowest BCUT2D eigenvalue weighted by Gasteiger charge is -2.12. The lowest BCUT2D eigenvalue weighted by atomic mass is 10.1. The Morgan fingerprint density at radius 3 is 2.04 bits per heavy atom. The Morgan fingerprint density at radius 2 is 1.52 bits per heavy atom. The first-order valence-electron chi connectivity index (χ1n) is 8.05. The fourth-order valence-electron chi connectivity index (χ4n) is 2.24. The number of nitrogens with zero attached hydrogens (tertiary/aromatic N) is 1. The van der Waals surface area contributed by atoms with Crippen LogP contribution in [0.15, 0.2) is 42.5 Å². The Bertz CT molecular complexity index is 677. The highest BCUT2D eigenvalue weighted by molar-refractivity contribution is 6.04. The Hall–Kier alpha value is -2.73. The number of carbonyl (C=O) groups excluding carboxylic acids is 1. The monoisotopic (exact) mass is 343 g/mol. The summed E-state index contributed by atoms with van der Waals surface area (Å²) in [6.07, 6.45) is 0. The molecule has 2 aromatic rings. The number of rotatable bonds is 8. The van der Waals surface area contributed by atoms with E-state index >= 15 is 0 Å². The molecule has 0 unspecified atom stereocenters. The predicted molar refractivity (Wildman–Crippen MR) is 101 cm³/mol. The van der Waals surface area contributed by atoms with E-state index in [9.17, 15) is 4.79 Å². The number of hydrogen-bond acceptors (Lipinski definition) is 5. The van der Waals surface area contributed by atoms with Crippen LogP contribution in [0.1, 0.15) is 10.4 Å². The van der Waals surface area contributed by atoms with E-state index in [1.165, 1.54) is 0 Å². The largest absolute Gasteiger partial charge is 0.497 e. The maximum absolute atomic E-state index is 12.4. The van der Waals surface area contributed by atoms with Crippen molar-refractivity contribution in [3.05, 3.63) is 48.0 Å². The zero-order chi connectivity index (χ0) is 18.2. The molecule has 134 valence electrons. The van der Waals surface area contributed by atoms with Crippen LogP contribution in [0.4, 0.5) is 11.4 Å². The number of methoxy groups -OCH3 is 2. The van der Waals surface area contributed by atoms with Crippen molar-refractivity contribution in [3.63, 3.8) is 0 Å². The number of likely N-dealkylation sites (N-methyl/N-ethyl adjacent to an activating group) is 1. The highest BCUT2D eigenvalue weighted by atomic mass is 16.5. The van der Waals surface area contributed by atoms with E-state index in [1.807, 2.05) is 38.4 Å². The molecule has 0 aliphatic rings. The van der Waals surface area contributed by atoms with Gasteiger partial charge in [-0.25, -0.2) is 0 Å². The van der Waals surface area contributed by atoms with Gasteiger partial charge in [-0.3, -0.25) is 4.79 Å². The van der Waals surface area contributed by atoms with Crippen LogP contribution < -0.4 is 20.1 Å². The average Bonchev–Trinajstić information content (AvgIpc) is 2.62. The van der Waals surface area contributed by atoms with E-state index in [4.69, 9.17) is 9.47 Å². The highest BCUT2D eigenvalue weighted by Gasteiger charge is 2.10. The summed E-state index contributed by atoms with van der Waals surface area (Å²) >= 11 is 0. The lowest BCUT2D eigenvalue weighted by Crippen LogP contribution is -2.20. The minimum absolute atomic E-state index is 0.217. The molecule has 0 aliphatic carbocycles. The van der Waals surface area contributed by atoms with Gasteiger partial charge in [0.2, 0.25) is 0 Å². The molecule has 0 aromatic heterocycles. The van der Waals surface area contributed by atoms with Crippen LogP contribution in [0.25, 0.3) is 0 Å². The third-order valence-electron chi connectivity index (χ3n) is 3.64. The molecule has 0 aliphatic heterocycles. The minimum atomic E-state index is -0.217. The Balaban J connectivity index is 2.00. The molecule has 0 fully saturated rings. The van der Waals surface area contributed by atoms with Crippen molar-refractivity contribution in [1.29, 1.82) is 0 Å². The fraction of sp³-hybridized carbons (Fsp3) is 0.316. The number of ether oxygens (including phenoxy) is 2. The predicted octanol–water partition coefficient (Wildman–Crippen LogP) is 2.93. The number of amides is 1. The first-order valence-corrected chi connectivity index (χ1v) is 8.05. The molecule has 0 spiro atoms. The number of carbonyl (C=O) groups is 1. The van der Waals surface area contributed by atoms with Gasteiger partial charge in [0, 0.05) is 36.1 Å². The summed E-state index contributed by atoms with van der Waals surface area (Å²) < 4.78 is 10.4. The van der Waals surface area contributed by atoms with Gasteiger partial charge in [0.1, 0.15) is 11.5 Å². The standard InChI is InChI=1S/C19H25N3O3/c1-22(2)10-9-20-15-5-7-16(8-6-15)21-19(23)14-11-17(24-3)13-18(12-14)25-4/h5-8,11-13,20H,9-10H2,1-4H3,(H,21,23). The van der Waals surface area contributed by atoms with Gasteiger partial charge in [-0.1, -0.05) is 0 Å². The van der Waals surface area contributed by atoms with Gasteiger partial charge in [0.25, 0.3) is 5.91 Å². The number of benzene rings is 2. The molecule has 25 heavy (non-hydrogen) atoms. The minimum Gasteiger partial charge on any atom is -0.497 e. The van der Waals surface area contributed by atoms with E-state index in [0.29, 0.717) is 17.1 Å². The molecule has 2 rings (SSSR count). The van der Waals surface area contributed by atoms with E-state index in [-0.39, 0.29) is 5.91 Å². The SMILES string of the molecule is COc1cc(OC)cc(C(=O)Nc2ccc(NCCN(C)C)cc2)c1. The Labute approximate surface area is 148 Å². The van der Waals surface area contributed by atoms with Crippen LogP contribution in [0.3, 0.4) is 0 Å². The first-order chi connectivity index (χ1) is 12.0. The van der Waals surface area contributed by atoms with Crippen molar-refractivity contribution < 1.29 is 14.3 Å². The van der Waals surface area contributed by atoms with Gasteiger partial charge in [-0.15, -0.1) is 0 Å². The summed E-state index contributed by atoms with van der Waals surface area (Å²) in [5, 5.41) is 6.21. The Morgan fingerprint density at radius 1 is 0.960 bits per heavy atom. The third kappa shape index (κ3) is 5.69. The molecule has 2 N–H and O–H groups in total. The average molecular weight is 343 g/mol. The summed E-state index contributed by atoms with van der Waals surface area (Å²) in [4.78, 5) is 14.6. The fourth-order valence-corrected chi connectivity index (χ4v) is 2.24. The summed E-state index contributed by atoms with van der Waals surface area (Å²) in [5.74, 6) is 0.931. The van der Waals surface area contributed by atoms with Gasteiger partial charge in [0.05, 0.1) is 14.2 Å². The van der Waals surface area contributed by atoms with E-state index < -0.39 is 0 Å². The quantitative estimate of drug-likeness (QED) is 0.772. The highest BCUT2D eigenvalue weighted by Crippen LogP contribution is 2.23. The van der Waals surface area contributed by atoms with Gasteiger partial charge in [-0.05, 0) is 50.5 Å². The molecular formula is C19H25N3O3. The molecule has 0 bridgehead atoms. The zero-order valence-electron chi connectivity index (χ0n) is 15.1. The zero-order valence-corrected chi connectivity index (χ0v) is 15.1. The van der Waals surface area contributed by atoms with Gasteiger partial charge in [0.15, 0.2) is 0 Å². The molecule has 0 saturated carbocycles. The molecule has 1 amide bonds. The first kappa shape index (κ1) is 18.6. The van der Waals surface area contributed by atoms with E-state index in [2.05, 4.69) is 15.5 Å². The van der Waals surface area contributed by atoms with E-state index in [0.717, 1.165) is 24.5 Å². The van der Waals surface area contributed by atoms with Crippen LogP contribution in [-0.2, 0) is 0 Å². The van der Waals surface area contributed by atoms with Gasteiger partial charge < -0.3 is 25.0 Å². The molecule has 0 heterocycles. The number of anilines is 2. The molecule has 0 saturated heterocycles. The smallest absolute Gasteiger partial charge is 0.255 e. The molecule has 0 radical (unpaired) electrons. The number of hydrogen-bond donors (Lipinski definition) is 2. The normalized spacial score (nSPS) is 10.4. The molecule has 0 atom stereocenters. The maximum Gasteiger partial charge on any atom is 0.255 e. The van der Waals surface area contributed by atoms with Crippen LogP contribution in [0, 0.1) is 0 Å². The Kier molecular flexibility index (Phi) is 6.65. The van der Waals surface area contributed by atoms with Crippen molar-refractivity contribution >= 4 is 17.3 Å². The van der Waals surface area contributed by atoms with Crippen LogP contribution in [-0.4, -0.2) is 52.2 Å². The van der Waals surface area contributed by atoms with Gasteiger partial charge >= 0.3 is 0 Å². The van der Waals surface area contributed by atoms with Crippen LogP contribution in [0.5, 0.6) is 11.5 Å². The third-order valence-corrected chi connectivity index (χ3v) is 3.64. The van der Waals surface area contributed by atoms with Crippen molar-refractivity contribution in [2.45, 2.75) is 0 Å². The topological polar surface area (TPSA) is 62.8 Å². The van der Waals surface area contributed by atoms with Crippen LogP contribution >= 0.6 is 0 Å². The number of nitrogens with one attached hydrogen (secondary N) is 2. The van der Waals surface area contributed by atoms with Gasteiger partial charge in [-0.2, -0.15) is 0 Å². The van der Waals surface area contributed by atoms with Crippen LogP contribution in [0.2, 0.25) is 0 Å². The van der Waals surface area contributed by atoms with Crippen molar-refractivity contribution in [2.24, 2.45) is 0 Å². The molecule has 6 heteroatoms. The second-order valence-corrected chi connectivity index (χ2v) is 5.86. The second-order valence-electron chi connectivity index (χ2n) is 5.86. The van der Waals surface area contributed by atoms with Crippen molar-refractivity contribution in [2.75, 3.05) is 52.0 Å². The van der Waals surface area contributed by atoms with E-state index in [1.54, 1.807) is 32.4 Å². The summed E-state index contributed by atoms with van der Waals surface area (Å²) in [7, 11) is 7.18. The lowest BCUT2D eigenvalue weighted by molar-refractivity contribution is 0.102. The molecule has 6 nitrogen and oxygen atoms in total. The van der Waals surface area contributed by atoms with Crippen molar-refractivity contribution in [3.8, 4) is 11.5 Å². The molecular weight excluding hydrogens is 318 g/mol. The summed E-state index contributed by atoms with van der Waals surface area (Å²) in [6, 6.07) is 12.7. The molecule has 2 aromatic carbocycles. The second kappa shape index (κ2) is 8.94. The summed E-state index contributed by atoms with van der Waals surface area (Å²) in [5.41, 5.74) is 2.22. The van der Waals surface area contributed by atoms with Crippen molar-refractivity contribution in [1.82, 2.24) is 4.90 Å². The maximum atomic E-state index is 12.4.